The maximum atomic E-state index is 10.5. The minimum Gasteiger partial charge on any atom is -0.496 e. The van der Waals surface area contributed by atoms with Crippen molar-refractivity contribution in [3.63, 3.8) is 0 Å². The maximum Gasteiger partial charge on any atom is 0.164 e. The van der Waals surface area contributed by atoms with Crippen molar-refractivity contribution in [3.8, 4) is 17.2 Å². The minimum absolute atomic E-state index is 0.322. The molecule has 0 amide bonds. The highest BCUT2D eigenvalue weighted by Crippen LogP contribution is 2.38. The largest absolute Gasteiger partial charge is 0.496 e. The van der Waals surface area contributed by atoms with Gasteiger partial charge in [0.2, 0.25) is 0 Å². The molecule has 7 nitrogen and oxygen atoms in total. The van der Waals surface area contributed by atoms with E-state index in [0.717, 1.165) is 0 Å². The van der Waals surface area contributed by atoms with Crippen LogP contribution in [0.5, 0.6) is 17.2 Å². The van der Waals surface area contributed by atoms with Crippen LogP contribution in [0.1, 0.15) is 17.5 Å². The highest BCUT2D eigenvalue weighted by atomic mass is 16.5. The predicted molar refractivity (Wildman–Crippen MR) is 75.8 cm³/mol. The van der Waals surface area contributed by atoms with E-state index in [4.69, 9.17) is 14.2 Å². The van der Waals surface area contributed by atoms with Crippen molar-refractivity contribution in [2.45, 2.75) is 12.5 Å². The van der Waals surface area contributed by atoms with Crippen molar-refractivity contribution in [2.75, 3.05) is 21.3 Å². The van der Waals surface area contributed by atoms with Crippen molar-refractivity contribution in [1.29, 1.82) is 0 Å². The first-order valence-electron chi connectivity index (χ1n) is 6.41. The molecule has 0 saturated heterocycles. The van der Waals surface area contributed by atoms with E-state index < -0.39 is 6.10 Å². The number of rotatable bonds is 6. The van der Waals surface area contributed by atoms with Crippen LogP contribution in [-0.4, -0.2) is 41.2 Å². The summed E-state index contributed by atoms with van der Waals surface area (Å²) in [6, 6.07) is 3.40. The fourth-order valence-electron chi connectivity index (χ4n) is 2.10. The third-order valence-corrected chi connectivity index (χ3v) is 3.28. The van der Waals surface area contributed by atoms with Gasteiger partial charge in [0.05, 0.1) is 27.4 Å². The summed E-state index contributed by atoms with van der Waals surface area (Å²) >= 11 is 0. The maximum absolute atomic E-state index is 10.5. The highest BCUT2D eigenvalue weighted by Gasteiger charge is 2.20. The quantitative estimate of drug-likeness (QED) is 0.860. The molecule has 0 aliphatic rings. The van der Waals surface area contributed by atoms with Crippen LogP contribution in [0, 0.1) is 0 Å². The van der Waals surface area contributed by atoms with Crippen LogP contribution >= 0.6 is 0 Å². The number of methoxy groups -OCH3 is 3. The van der Waals surface area contributed by atoms with Gasteiger partial charge in [-0.15, -0.1) is 0 Å². The van der Waals surface area contributed by atoms with E-state index in [-0.39, 0.29) is 0 Å². The molecular weight excluding hydrogens is 274 g/mol. The Kier molecular flexibility index (Phi) is 4.64. The molecule has 1 aromatic heterocycles. The summed E-state index contributed by atoms with van der Waals surface area (Å²) in [5.74, 6) is 2.29. The Hall–Kier alpha value is -2.28. The monoisotopic (exact) mass is 293 g/mol. The summed E-state index contributed by atoms with van der Waals surface area (Å²) in [6.07, 6.45) is 0.985. The second-order valence-corrected chi connectivity index (χ2v) is 4.47. The first kappa shape index (κ1) is 15.1. The summed E-state index contributed by atoms with van der Waals surface area (Å²) < 4.78 is 17.4. The second kappa shape index (κ2) is 6.45. The van der Waals surface area contributed by atoms with Gasteiger partial charge < -0.3 is 19.3 Å². The molecule has 0 radical (unpaired) electrons. The number of hydrogen-bond donors (Lipinski definition) is 1. The predicted octanol–water partition coefficient (Wildman–Crippen LogP) is 1.12. The highest BCUT2D eigenvalue weighted by molar-refractivity contribution is 5.51. The lowest BCUT2D eigenvalue weighted by Gasteiger charge is -2.17. The van der Waals surface area contributed by atoms with E-state index >= 15 is 0 Å². The van der Waals surface area contributed by atoms with Gasteiger partial charge >= 0.3 is 0 Å². The van der Waals surface area contributed by atoms with Crippen molar-refractivity contribution in [1.82, 2.24) is 14.8 Å². The van der Waals surface area contributed by atoms with Crippen molar-refractivity contribution in [3.05, 3.63) is 29.8 Å². The normalized spacial score (nSPS) is 12.0. The topological polar surface area (TPSA) is 78.6 Å². The van der Waals surface area contributed by atoms with Crippen LogP contribution in [0.4, 0.5) is 0 Å². The van der Waals surface area contributed by atoms with Crippen molar-refractivity contribution < 1.29 is 19.3 Å². The third-order valence-electron chi connectivity index (χ3n) is 3.28. The Morgan fingerprint density at radius 3 is 2.24 bits per heavy atom. The van der Waals surface area contributed by atoms with E-state index in [2.05, 4.69) is 10.1 Å². The van der Waals surface area contributed by atoms with Crippen molar-refractivity contribution >= 4 is 0 Å². The molecule has 0 fully saturated rings. The zero-order valence-electron chi connectivity index (χ0n) is 12.5. The second-order valence-electron chi connectivity index (χ2n) is 4.47. The fraction of sp³-hybridized carbons (Fsp3) is 0.429. The van der Waals surface area contributed by atoms with Gasteiger partial charge in [-0.1, -0.05) is 0 Å². The number of benzene rings is 1. The fourth-order valence-corrected chi connectivity index (χ4v) is 2.10. The van der Waals surface area contributed by atoms with E-state index in [1.165, 1.54) is 6.33 Å². The number of aryl methyl sites for hydroxylation is 1. The molecule has 0 saturated carbocycles. The number of aromatic nitrogens is 3. The lowest BCUT2D eigenvalue weighted by molar-refractivity contribution is 0.169. The average Bonchev–Trinajstić information content (AvgIpc) is 2.90. The van der Waals surface area contributed by atoms with Gasteiger partial charge in [-0.25, -0.2) is 4.98 Å². The summed E-state index contributed by atoms with van der Waals surface area (Å²) in [5, 5.41) is 14.4. The Morgan fingerprint density at radius 2 is 1.71 bits per heavy atom. The van der Waals surface area contributed by atoms with Crippen LogP contribution < -0.4 is 14.2 Å². The Balaban J connectivity index is 2.35. The standard InChI is InChI=1S/C14H19N3O4/c1-17-14(15-8-16-17)6-10(18)9-5-12(20-3)13(21-4)7-11(9)19-2/h5,7-8,10,18H,6H2,1-4H3. The number of nitrogens with zero attached hydrogens (tertiary/aromatic N) is 3. The Labute approximate surface area is 123 Å². The average molecular weight is 293 g/mol. The molecule has 7 heteroatoms. The lowest BCUT2D eigenvalue weighted by Crippen LogP contribution is -2.09. The summed E-state index contributed by atoms with van der Waals surface area (Å²) in [6.45, 7) is 0. The van der Waals surface area contributed by atoms with Crippen molar-refractivity contribution in [2.24, 2.45) is 7.05 Å². The van der Waals surface area contributed by atoms with E-state index in [1.807, 2.05) is 0 Å². The molecular formula is C14H19N3O4. The minimum atomic E-state index is -0.789. The van der Waals surface area contributed by atoms with E-state index in [9.17, 15) is 5.11 Å². The first-order valence-corrected chi connectivity index (χ1v) is 6.41. The number of aliphatic hydroxyl groups is 1. The van der Waals surface area contributed by atoms with Gasteiger partial charge in [-0.05, 0) is 6.07 Å². The van der Waals surface area contributed by atoms with Gasteiger partial charge in [-0.3, -0.25) is 4.68 Å². The molecule has 2 rings (SSSR count). The van der Waals surface area contributed by atoms with Gasteiger partial charge in [0.1, 0.15) is 17.9 Å². The van der Waals surface area contributed by atoms with Crippen LogP contribution in [0.15, 0.2) is 18.5 Å². The van der Waals surface area contributed by atoms with E-state index in [0.29, 0.717) is 35.1 Å². The third kappa shape index (κ3) is 3.08. The molecule has 1 aromatic carbocycles. The van der Waals surface area contributed by atoms with Gasteiger partial charge in [0, 0.05) is 25.1 Å². The summed E-state index contributed by atoms with van der Waals surface area (Å²) in [5.41, 5.74) is 0.609. The van der Waals surface area contributed by atoms with Crippen LogP contribution in [0.25, 0.3) is 0 Å². The molecule has 0 spiro atoms. The molecule has 1 N–H and O–H groups in total. The molecule has 0 bridgehead atoms. The van der Waals surface area contributed by atoms with Gasteiger partial charge in [0.25, 0.3) is 0 Å². The lowest BCUT2D eigenvalue weighted by atomic mass is 10.0. The molecule has 114 valence electrons. The van der Waals surface area contributed by atoms with Crippen LogP contribution in [-0.2, 0) is 13.5 Å². The molecule has 1 unspecified atom stereocenters. The molecule has 1 heterocycles. The zero-order chi connectivity index (χ0) is 15.4. The molecule has 21 heavy (non-hydrogen) atoms. The SMILES string of the molecule is COc1cc(OC)c(C(O)Cc2ncnn2C)cc1OC. The molecule has 1 atom stereocenters. The Morgan fingerprint density at radius 1 is 1.10 bits per heavy atom. The number of aliphatic hydroxyl groups excluding tert-OH is 1. The Bertz CT molecular complexity index is 612. The zero-order valence-corrected chi connectivity index (χ0v) is 12.5. The molecule has 0 aliphatic heterocycles. The molecule has 0 aliphatic carbocycles. The van der Waals surface area contributed by atoms with Gasteiger partial charge in [0.15, 0.2) is 11.5 Å². The van der Waals surface area contributed by atoms with Crippen LogP contribution in [0.3, 0.4) is 0 Å². The van der Waals surface area contributed by atoms with Crippen LogP contribution in [0.2, 0.25) is 0 Å². The smallest absolute Gasteiger partial charge is 0.164 e. The number of hydrogen-bond acceptors (Lipinski definition) is 6. The molecule has 2 aromatic rings. The van der Waals surface area contributed by atoms with Gasteiger partial charge in [-0.2, -0.15) is 5.10 Å². The van der Waals surface area contributed by atoms with E-state index in [1.54, 1.807) is 45.2 Å². The first-order chi connectivity index (χ1) is 10.1. The number of ether oxygens (including phenoxy) is 3. The summed E-state index contributed by atoms with van der Waals surface area (Å²) in [7, 11) is 6.41. The summed E-state index contributed by atoms with van der Waals surface area (Å²) in [4.78, 5) is 4.11.